The van der Waals surface area contributed by atoms with Gasteiger partial charge in [0.15, 0.2) is 0 Å². The van der Waals surface area contributed by atoms with Gasteiger partial charge in [0.1, 0.15) is 0 Å². The van der Waals surface area contributed by atoms with E-state index in [2.05, 4.69) is 10.0 Å². The molecule has 2 aromatic carbocycles. The van der Waals surface area contributed by atoms with Crippen LogP contribution in [0.5, 0.6) is 0 Å². The van der Waals surface area contributed by atoms with Crippen LogP contribution in [0, 0.1) is 0 Å². The number of nitrogens with one attached hydrogen (secondary N) is 2. The number of amides is 1. The zero-order valence-electron chi connectivity index (χ0n) is 13.7. The van der Waals surface area contributed by atoms with Crippen LogP contribution >= 0.6 is 23.2 Å². The fraction of sp³-hybridized carbons (Fsp3) is 0.235. The smallest absolute Gasteiger partial charge is 0.251 e. The van der Waals surface area contributed by atoms with Crippen LogP contribution in [0.25, 0.3) is 0 Å². The zero-order chi connectivity index (χ0) is 18.6. The van der Waals surface area contributed by atoms with Crippen molar-refractivity contribution in [2.45, 2.75) is 24.8 Å². The largest absolute Gasteiger partial charge is 0.345 e. The topological polar surface area (TPSA) is 75.3 Å². The number of carbonyl (C=O) groups is 1. The molecule has 0 radical (unpaired) electrons. The molecular formula is C17H18Cl2N2O3S. The van der Waals surface area contributed by atoms with Gasteiger partial charge in [-0.05, 0) is 48.9 Å². The first-order valence-corrected chi connectivity index (χ1v) is 9.84. The van der Waals surface area contributed by atoms with Crippen LogP contribution in [0.1, 0.15) is 35.8 Å². The van der Waals surface area contributed by atoms with Crippen molar-refractivity contribution < 1.29 is 13.2 Å². The van der Waals surface area contributed by atoms with Crippen molar-refractivity contribution in [1.29, 1.82) is 0 Å². The van der Waals surface area contributed by atoms with Gasteiger partial charge in [-0.25, -0.2) is 13.1 Å². The van der Waals surface area contributed by atoms with Gasteiger partial charge in [0.2, 0.25) is 10.0 Å². The molecule has 0 aliphatic heterocycles. The molecule has 0 aliphatic rings. The van der Waals surface area contributed by atoms with Gasteiger partial charge in [-0.1, -0.05) is 36.2 Å². The van der Waals surface area contributed by atoms with Gasteiger partial charge in [0.25, 0.3) is 5.91 Å². The van der Waals surface area contributed by atoms with E-state index in [0.29, 0.717) is 22.2 Å². The van der Waals surface area contributed by atoms with E-state index >= 15 is 0 Å². The highest BCUT2D eigenvalue weighted by Gasteiger charge is 2.16. The lowest BCUT2D eigenvalue weighted by molar-refractivity contribution is 0.0940. The molecular weight excluding hydrogens is 383 g/mol. The molecule has 2 rings (SSSR count). The molecule has 0 bridgehead atoms. The van der Waals surface area contributed by atoms with Crippen LogP contribution in [0.3, 0.4) is 0 Å². The number of carbonyl (C=O) groups excluding carboxylic acids is 1. The van der Waals surface area contributed by atoms with E-state index in [4.69, 9.17) is 23.2 Å². The summed E-state index contributed by atoms with van der Waals surface area (Å²) in [6, 6.07) is 10.5. The standard InChI is InChI=1S/C17H18Cl2N2O3S/c1-3-20-25(23,24)14-7-4-12(5-8-14)17(22)21-11(2)15-9-6-13(18)10-16(15)19/h4-11,20H,3H2,1-2H3,(H,21,22)/t11-/m0/s1. The number of hydrogen-bond acceptors (Lipinski definition) is 3. The average Bonchev–Trinajstić information content (AvgIpc) is 2.54. The Kier molecular flexibility index (Phi) is 6.46. The predicted octanol–water partition coefficient (Wildman–Crippen LogP) is 3.78. The summed E-state index contributed by atoms with van der Waals surface area (Å²) in [5, 5.41) is 3.81. The van der Waals surface area contributed by atoms with Crippen molar-refractivity contribution >= 4 is 39.1 Å². The normalized spacial score (nSPS) is 12.6. The molecule has 0 heterocycles. The van der Waals surface area contributed by atoms with E-state index in [1.165, 1.54) is 24.3 Å². The summed E-state index contributed by atoms with van der Waals surface area (Å²) < 4.78 is 26.2. The minimum Gasteiger partial charge on any atom is -0.345 e. The summed E-state index contributed by atoms with van der Waals surface area (Å²) >= 11 is 12.0. The minimum absolute atomic E-state index is 0.111. The second kappa shape index (κ2) is 8.19. The van der Waals surface area contributed by atoms with Crippen molar-refractivity contribution in [3.8, 4) is 0 Å². The van der Waals surface area contributed by atoms with Gasteiger partial charge in [0.05, 0.1) is 10.9 Å². The molecule has 134 valence electrons. The lowest BCUT2D eigenvalue weighted by Gasteiger charge is -2.16. The quantitative estimate of drug-likeness (QED) is 0.774. The second-order valence-corrected chi connectivity index (χ2v) is 8.00. The monoisotopic (exact) mass is 400 g/mol. The van der Waals surface area contributed by atoms with Gasteiger partial charge < -0.3 is 5.32 Å². The maximum atomic E-state index is 12.3. The fourth-order valence-electron chi connectivity index (χ4n) is 2.27. The SMILES string of the molecule is CCNS(=O)(=O)c1ccc(C(=O)N[C@@H](C)c2ccc(Cl)cc2Cl)cc1. The summed E-state index contributed by atoms with van der Waals surface area (Å²) in [7, 11) is -3.54. The average molecular weight is 401 g/mol. The Bertz CT molecular complexity index is 868. The van der Waals surface area contributed by atoms with Crippen molar-refractivity contribution in [1.82, 2.24) is 10.0 Å². The van der Waals surface area contributed by atoms with Crippen molar-refractivity contribution in [3.05, 3.63) is 63.6 Å². The van der Waals surface area contributed by atoms with Crippen LogP contribution < -0.4 is 10.0 Å². The zero-order valence-corrected chi connectivity index (χ0v) is 16.0. The van der Waals surface area contributed by atoms with E-state index in [9.17, 15) is 13.2 Å². The Morgan fingerprint density at radius 3 is 2.32 bits per heavy atom. The first-order valence-electron chi connectivity index (χ1n) is 7.60. The second-order valence-electron chi connectivity index (χ2n) is 5.39. The summed E-state index contributed by atoms with van der Waals surface area (Å²) in [6.45, 7) is 3.80. The first kappa shape index (κ1) is 19.7. The molecule has 1 atom stereocenters. The van der Waals surface area contributed by atoms with Gasteiger partial charge >= 0.3 is 0 Å². The molecule has 8 heteroatoms. The minimum atomic E-state index is -3.54. The molecule has 0 fully saturated rings. The van der Waals surface area contributed by atoms with Gasteiger partial charge in [-0.2, -0.15) is 0 Å². The lowest BCUT2D eigenvalue weighted by atomic mass is 10.1. The number of hydrogen-bond donors (Lipinski definition) is 2. The van der Waals surface area contributed by atoms with Crippen LogP contribution in [0.2, 0.25) is 10.0 Å². The van der Waals surface area contributed by atoms with Gasteiger partial charge in [-0.15, -0.1) is 0 Å². The summed E-state index contributed by atoms with van der Waals surface area (Å²) in [5.74, 6) is -0.328. The molecule has 0 spiro atoms. The maximum Gasteiger partial charge on any atom is 0.251 e. The van der Waals surface area contributed by atoms with Crippen molar-refractivity contribution in [2.24, 2.45) is 0 Å². The number of benzene rings is 2. The van der Waals surface area contributed by atoms with Crippen molar-refractivity contribution in [2.75, 3.05) is 6.54 Å². The molecule has 0 saturated carbocycles. The van der Waals surface area contributed by atoms with Crippen LogP contribution in [-0.4, -0.2) is 20.9 Å². The predicted molar refractivity (Wildman–Crippen MR) is 99.6 cm³/mol. The van der Waals surface area contributed by atoms with Crippen LogP contribution in [0.15, 0.2) is 47.4 Å². The molecule has 5 nitrogen and oxygen atoms in total. The number of halogens is 2. The molecule has 2 aromatic rings. The van der Waals surface area contributed by atoms with E-state index in [1.54, 1.807) is 32.0 Å². The molecule has 0 unspecified atom stereocenters. The highest BCUT2D eigenvalue weighted by Crippen LogP contribution is 2.26. The van der Waals surface area contributed by atoms with E-state index in [1.807, 2.05) is 0 Å². The number of rotatable bonds is 6. The summed E-state index contributed by atoms with van der Waals surface area (Å²) in [4.78, 5) is 12.5. The Balaban J connectivity index is 2.13. The Morgan fingerprint density at radius 1 is 1.12 bits per heavy atom. The first-order chi connectivity index (χ1) is 11.7. The number of sulfonamides is 1. The van der Waals surface area contributed by atoms with E-state index in [0.717, 1.165) is 5.56 Å². The van der Waals surface area contributed by atoms with Gasteiger partial charge in [0, 0.05) is 22.2 Å². The molecule has 1 amide bonds. The highest BCUT2D eigenvalue weighted by molar-refractivity contribution is 7.89. The third kappa shape index (κ3) is 4.95. The molecule has 0 aromatic heterocycles. The Hall–Kier alpha value is -1.60. The lowest BCUT2D eigenvalue weighted by Crippen LogP contribution is -2.27. The Morgan fingerprint density at radius 2 is 1.76 bits per heavy atom. The molecule has 0 aliphatic carbocycles. The summed E-state index contributed by atoms with van der Waals surface area (Å²) in [6.07, 6.45) is 0. The van der Waals surface area contributed by atoms with Crippen LogP contribution in [-0.2, 0) is 10.0 Å². The Labute approximate surface area is 157 Å². The molecule has 0 saturated heterocycles. The summed E-state index contributed by atoms with van der Waals surface area (Å²) in [5.41, 5.74) is 1.10. The third-order valence-corrected chi connectivity index (χ3v) is 5.66. The molecule has 25 heavy (non-hydrogen) atoms. The van der Waals surface area contributed by atoms with Crippen LogP contribution in [0.4, 0.5) is 0 Å². The van der Waals surface area contributed by atoms with E-state index in [-0.39, 0.29) is 16.8 Å². The fourth-order valence-corrected chi connectivity index (χ4v) is 3.88. The van der Waals surface area contributed by atoms with Gasteiger partial charge in [-0.3, -0.25) is 4.79 Å². The third-order valence-electron chi connectivity index (χ3n) is 3.54. The highest BCUT2D eigenvalue weighted by atomic mass is 35.5. The molecule has 2 N–H and O–H groups in total. The maximum absolute atomic E-state index is 12.3. The van der Waals surface area contributed by atoms with E-state index < -0.39 is 10.0 Å². The van der Waals surface area contributed by atoms with Crippen molar-refractivity contribution in [3.63, 3.8) is 0 Å².